The van der Waals surface area contributed by atoms with Gasteiger partial charge in [-0.2, -0.15) is 23.5 Å². The molecular weight excluding hydrogens is 256 g/mol. The van der Waals surface area contributed by atoms with Crippen LogP contribution in [0.3, 0.4) is 0 Å². The molecule has 0 aliphatic rings. The van der Waals surface area contributed by atoms with Crippen LogP contribution >= 0.6 is 23.5 Å². The monoisotopic (exact) mass is 290 g/mol. The fraction of sp³-hybridized carbons (Fsp3) is 1.00. The molecule has 0 amide bonds. The van der Waals surface area contributed by atoms with Gasteiger partial charge in [0, 0.05) is 11.5 Å². The van der Waals surface area contributed by atoms with Gasteiger partial charge in [0.05, 0.1) is 0 Å². The molecule has 0 aromatic heterocycles. The predicted molar refractivity (Wildman–Crippen MR) is 92.0 cm³/mol. The van der Waals surface area contributed by atoms with Crippen LogP contribution in [0.15, 0.2) is 0 Å². The Balaban J connectivity index is 3.13. The fourth-order valence-electron chi connectivity index (χ4n) is 1.73. The molecule has 0 spiro atoms. The molecule has 0 bridgehead atoms. The number of thioether (sulfide) groups is 2. The first-order valence-electron chi connectivity index (χ1n) is 7.36. The Bertz CT molecular complexity index is 164. The molecule has 0 aromatic rings. The summed E-state index contributed by atoms with van der Waals surface area (Å²) in [6, 6.07) is 0. The highest BCUT2D eigenvalue weighted by molar-refractivity contribution is 8.02. The standard InChI is InChI=1S/C16H34S2/c1-15(2,3)9-7-11-17-13-14-18-12-8-10-16(4,5)6/h7-14H2,1-6H3. The van der Waals surface area contributed by atoms with Crippen molar-refractivity contribution in [2.24, 2.45) is 10.8 Å². The zero-order chi connectivity index (χ0) is 14.1. The van der Waals surface area contributed by atoms with Gasteiger partial charge in [-0.3, -0.25) is 0 Å². The van der Waals surface area contributed by atoms with Crippen LogP contribution in [0.1, 0.15) is 67.2 Å². The average Bonchev–Trinajstić information content (AvgIpc) is 2.17. The smallest absolute Gasteiger partial charge is 0.00235 e. The summed E-state index contributed by atoms with van der Waals surface area (Å²) in [5, 5.41) is 0. The third-order valence-corrected chi connectivity index (χ3v) is 5.20. The molecule has 0 heterocycles. The van der Waals surface area contributed by atoms with Crippen LogP contribution in [0.4, 0.5) is 0 Å². The zero-order valence-electron chi connectivity index (χ0n) is 13.5. The predicted octanol–water partition coefficient (Wildman–Crippen LogP) is 6.11. The van der Waals surface area contributed by atoms with Gasteiger partial charge in [0.25, 0.3) is 0 Å². The largest absolute Gasteiger partial charge is 0.161 e. The Kier molecular flexibility index (Phi) is 9.95. The van der Waals surface area contributed by atoms with E-state index in [0.29, 0.717) is 10.8 Å². The molecule has 18 heavy (non-hydrogen) atoms. The first-order valence-corrected chi connectivity index (χ1v) is 9.67. The molecule has 0 atom stereocenters. The molecule has 0 saturated heterocycles. The minimum absolute atomic E-state index is 0.516. The maximum absolute atomic E-state index is 2.34. The quantitative estimate of drug-likeness (QED) is 0.470. The van der Waals surface area contributed by atoms with Crippen LogP contribution in [0.25, 0.3) is 0 Å². The molecule has 0 aliphatic heterocycles. The van der Waals surface area contributed by atoms with Gasteiger partial charge < -0.3 is 0 Å². The lowest BCUT2D eigenvalue weighted by Crippen LogP contribution is -2.05. The SMILES string of the molecule is CC(C)(C)CCCSCCSCCCC(C)(C)C. The number of hydrogen-bond acceptors (Lipinski definition) is 2. The molecule has 0 aliphatic carbocycles. The maximum Gasteiger partial charge on any atom is 0.00235 e. The van der Waals surface area contributed by atoms with Gasteiger partial charge in [0.15, 0.2) is 0 Å². The number of hydrogen-bond donors (Lipinski definition) is 0. The van der Waals surface area contributed by atoms with Crippen molar-refractivity contribution < 1.29 is 0 Å². The van der Waals surface area contributed by atoms with Crippen LogP contribution in [0, 0.1) is 10.8 Å². The van der Waals surface area contributed by atoms with E-state index in [2.05, 4.69) is 65.1 Å². The topological polar surface area (TPSA) is 0 Å². The first-order chi connectivity index (χ1) is 8.21. The minimum Gasteiger partial charge on any atom is -0.161 e. The molecule has 0 radical (unpaired) electrons. The van der Waals surface area contributed by atoms with E-state index in [-0.39, 0.29) is 0 Å². The summed E-state index contributed by atoms with van der Waals surface area (Å²) in [4.78, 5) is 0. The van der Waals surface area contributed by atoms with E-state index in [1.807, 2.05) is 0 Å². The third-order valence-electron chi connectivity index (χ3n) is 2.80. The van der Waals surface area contributed by atoms with E-state index in [0.717, 1.165) is 0 Å². The highest BCUT2D eigenvalue weighted by atomic mass is 32.2. The summed E-state index contributed by atoms with van der Waals surface area (Å²) in [5.74, 6) is 5.37. The summed E-state index contributed by atoms with van der Waals surface area (Å²) in [6.45, 7) is 14.0. The van der Waals surface area contributed by atoms with E-state index < -0.39 is 0 Å². The van der Waals surface area contributed by atoms with E-state index in [4.69, 9.17) is 0 Å². The van der Waals surface area contributed by atoms with Gasteiger partial charge in [-0.25, -0.2) is 0 Å². The van der Waals surface area contributed by atoms with Gasteiger partial charge in [0.1, 0.15) is 0 Å². The molecule has 0 rings (SSSR count). The Morgan fingerprint density at radius 1 is 0.556 bits per heavy atom. The van der Waals surface area contributed by atoms with Crippen molar-refractivity contribution in [2.45, 2.75) is 67.2 Å². The van der Waals surface area contributed by atoms with Crippen molar-refractivity contribution in [2.75, 3.05) is 23.0 Å². The van der Waals surface area contributed by atoms with E-state index >= 15 is 0 Å². The van der Waals surface area contributed by atoms with Crippen molar-refractivity contribution in [3.05, 3.63) is 0 Å². The molecule has 2 heteroatoms. The lowest BCUT2D eigenvalue weighted by Gasteiger charge is -2.17. The molecular formula is C16H34S2. The maximum atomic E-state index is 2.34. The van der Waals surface area contributed by atoms with Crippen LogP contribution in [-0.2, 0) is 0 Å². The highest BCUT2D eigenvalue weighted by Gasteiger charge is 2.09. The van der Waals surface area contributed by atoms with E-state index in [9.17, 15) is 0 Å². The van der Waals surface area contributed by atoms with Gasteiger partial charge in [-0.15, -0.1) is 0 Å². The molecule has 110 valence electrons. The Morgan fingerprint density at radius 2 is 0.889 bits per heavy atom. The highest BCUT2D eigenvalue weighted by Crippen LogP contribution is 2.23. The van der Waals surface area contributed by atoms with Crippen LogP contribution < -0.4 is 0 Å². The summed E-state index contributed by atoms with van der Waals surface area (Å²) in [7, 11) is 0. The minimum atomic E-state index is 0.516. The van der Waals surface area contributed by atoms with Gasteiger partial charge in [-0.05, 0) is 48.0 Å². The zero-order valence-corrected chi connectivity index (χ0v) is 15.1. The summed E-state index contributed by atoms with van der Waals surface area (Å²) in [6.07, 6.45) is 5.48. The van der Waals surface area contributed by atoms with Crippen molar-refractivity contribution in [3.63, 3.8) is 0 Å². The molecule has 0 N–H and O–H groups in total. The third kappa shape index (κ3) is 16.7. The lowest BCUT2D eigenvalue weighted by molar-refractivity contribution is 0.374. The molecule has 0 saturated carbocycles. The summed E-state index contributed by atoms with van der Waals surface area (Å²) >= 11 is 4.27. The normalized spacial score (nSPS) is 13.0. The van der Waals surface area contributed by atoms with Crippen molar-refractivity contribution in [1.82, 2.24) is 0 Å². The van der Waals surface area contributed by atoms with Gasteiger partial charge in [-0.1, -0.05) is 41.5 Å². The first kappa shape index (κ1) is 18.7. The molecule has 0 aromatic carbocycles. The second-order valence-corrected chi connectivity index (χ2v) is 10.0. The Labute approximate surface area is 124 Å². The van der Waals surface area contributed by atoms with Gasteiger partial charge in [0.2, 0.25) is 0 Å². The van der Waals surface area contributed by atoms with Crippen molar-refractivity contribution >= 4 is 23.5 Å². The van der Waals surface area contributed by atoms with Crippen LogP contribution in [-0.4, -0.2) is 23.0 Å². The number of rotatable bonds is 9. The summed E-state index contributed by atoms with van der Waals surface area (Å²) < 4.78 is 0. The second-order valence-electron chi connectivity index (χ2n) is 7.55. The van der Waals surface area contributed by atoms with Crippen LogP contribution in [0.5, 0.6) is 0 Å². The average molecular weight is 291 g/mol. The lowest BCUT2D eigenvalue weighted by atomic mass is 9.91. The van der Waals surface area contributed by atoms with Crippen LogP contribution in [0.2, 0.25) is 0 Å². The molecule has 0 nitrogen and oxygen atoms in total. The molecule has 0 unspecified atom stereocenters. The van der Waals surface area contributed by atoms with Gasteiger partial charge >= 0.3 is 0 Å². The van der Waals surface area contributed by atoms with E-state index in [1.165, 1.54) is 48.7 Å². The Hall–Kier alpha value is 0.700. The molecule has 0 fully saturated rings. The van der Waals surface area contributed by atoms with E-state index in [1.54, 1.807) is 0 Å². The summed E-state index contributed by atoms with van der Waals surface area (Å²) in [5.41, 5.74) is 1.03. The van der Waals surface area contributed by atoms with Crippen molar-refractivity contribution in [3.8, 4) is 0 Å². The van der Waals surface area contributed by atoms with Crippen molar-refractivity contribution in [1.29, 1.82) is 0 Å². The fourth-order valence-corrected chi connectivity index (χ4v) is 3.78. The second kappa shape index (κ2) is 9.58. The Morgan fingerprint density at radius 3 is 1.17 bits per heavy atom.